The summed E-state index contributed by atoms with van der Waals surface area (Å²) >= 11 is 3.43. The van der Waals surface area contributed by atoms with Crippen molar-refractivity contribution in [2.75, 3.05) is 13.7 Å². The smallest absolute Gasteiger partial charge is 0.339 e. The maximum absolute atomic E-state index is 13.0. The van der Waals surface area contributed by atoms with Crippen LogP contribution < -0.4 is 4.74 Å². The zero-order valence-electron chi connectivity index (χ0n) is 17.6. The van der Waals surface area contributed by atoms with Crippen LogP contribution in [0, 0.1) is 6.92 Å². The van der Waals surface area contributed by atoms with E-state index in [4.69, 9.17) is 14.5 Å². The second kappa shape index (κ2) is 9.32. The minimum Gasteiger partial charge on any atom is -0.497 e. The summed E-state index contributed by atoms with van der Waals surface area (Å²) in [6.07, 6.45) is 0. The first-order valence-corrected chi connectivity index (χ1v) is 10.8. The minimum absolute atomic E-state index is 0.288. The van der Waals surface area contributed by atoms with Gasteiger partial charge in [-0.25, -0.2) is 9.78 Å². The van der Waals surface area contributed by atoms with Gasteiger partial charge < -0.3 is 9.47 Å². The lowest BCUT2D eigenvalue weighted by Crippen LogP contribution is -2.15. The van der Waals surface area contributed by atoms with E-state index in [1.54, 1.807) is 37.4 Å². The van der Waals surface area contributed by atoms with Crippen LogP contribution in [-0.2, 0) is 4.74 Å². The van der Waals surface area contributed by atoms with Crippen LogP contribution in [0.15, 0.2) is 77.3 Å². The molecule has 0 N–H and O–H groups in total. The number of rotatable bonds is 6. The van der Waals surface area contributed by atoms with Crippen LogP contribution in [0.25, 0.3) is 22.2 Å². The number of esters is 1. The Kier molecular flexibility index (Phi) is 6.32. The van der Waals surface area contributed by atoms with Gasteiger partial charge >= 0.3 is 5.97 Å². The summed E-state index contributed by atoms with van der Waals surface area (Å²) in [6, 6.07) is 21.8. The van der Waals surface area contributed by atoms with Crippen molar-refractivity contribution in [3.05, 3.63) is 94.0 Å². The fraction of sp³-hybridized carbons (Fsp3) is 0.115. The number of fused-ring (bicyclic) bond motifs is 1. The molecule has 32 heavy (non-hydrogen) atoms. The van der Waals surface area contributed by atoms with Crippen molar-refractivity contribution in [3.63, 3.8) is 0 Å². The highest BCUT2D eigenvalue weighted by Gasteiger charge is 2.17. The van der Waals surface area contributed by atoms with Gasteiger partial charge in [0.2, 0.25) is 0 Å². The van der Waals surface area contributed by atoms with E-state index >= 15 is 0 Å². The first-order valence-electron chi connectivity index (χ1n) is 9.96. The molecule has 6 heteroatoms. The number of ketones is 1. The predicted octanol–water partition coefficient (Wildman–Crippen LogP) is 6.02. The number of methoxy groups -OCH3 is 1. The van der Waals surface area contributed by atoms with Crippen LogP contribution in [0.1, 0.15) is 26.3 Å². The van der Waals surface area contributed by atoms with Crippen LogP contribution in [0.2, 0.25) is 0 Å². The predicted molar refractivity (Wildman–Crippen MR) is 127 cm³/mol. The number of pyridine rings is 1. The Morgan fingerprint density at radius 2 is 1.66 bits per heavy atom. The van der Waals surface area contributed by atoms with E-state index in [0.29, 0.717) is 33.5 Å². The molecule has 0 spiro atoms. The number of carbonyl (C=O) groups is 2. The average Bonchev–Trinajstić information content (AvgIpc) is 2.82. The second-order valence-corrected chi connectivity index (χ2v) is 8.23. The van der Waals surface area contributed by atoms with Gasteiger partial charge in [-0.05, 0) is 61.5 Å². The molecular weight excluding hydrogens is 470 g/mol. The monoisotopic (exact) mass is 489 g/mol. The number of benzene rings is 3. The molecule has 0 aliphatic heterocycles. The molecule has 0 fully saturated rings. The molecule has 160 valence electrons. The number of halogens is 1. The molecule has 5 nitrogen and oxygen atoms in total. The molecule has 0 saturated carbocycles. The van der Waals surface area contributed by atoms with Crippen LogP contribution in [0.4, 0.5) is 0 Å². The number of hydrogen-bond donors (Lipinski definition) is 0. The molecule has 0 radical (unpaired) electrons. The fourth-order valence-corrected chi connectivity index (χ4v) is 3.61. The Hall–Kier alpha value is -3.51. The van der Waals surface area contributed by atoms with E-state index in [2.05, 4.69) is 15.9 Å². The molecule has 0 amide bonds. The third kappa shape index (κ3) is 4.70. The molecular formula is C26H20BrNO4. The lowest BCUT2D eigenvalue weighted by atomic mass is 10.0. The number of nitrogens with zero attached hydrogens (tertiary/aromatic N) is 1. The van der Waals surface area contributed by atoms with Gasteiger partial charge in [-0.2, -0.15) is 0 Å². The second-order valence-electron chi connectivity index (χ2n) is 7.31. The summed E-state index contributed by atoms with van der Waals surface area (Å²) in [6.45, 7) is 1.60. The first-order chi connectivity index (χ1) is 15.4. The van der Waals surface area contributed by atoms with Crippen LogP contribution in [0.5, 0.6) is 5.75 Å². The average molecular weight is 490 g/mol. The zero-order chi connectivity index (χ0) is 22.7. The molecule has 4 aromatic rings. The SMILES string of the molecule is COc1ccc(C(=O)COC(=O)c2cc(-c3ccc(Br)cc3)nc3ccc(C)cc23)cc1. The molecule has 0 unspecified atom stereocenters. The van der Waals surface area contributed by atoms with Crippen molar-refractivity contribution >= 4 is 38.6 Å². The zero-order valence-corrected chi connectivity index (χ0v) is 19.2. The Morgan fingerprint density at radius 3 is 2.34 bits per heavy atom. The highest BCUT2D eigenvalue weighted by Crippen LogP contribution is 2.27. The van der Waals surface area contributed by atoms with Gasteiger partial charge in [-0.3, -0.25) is 4.79 Å². The molecule has 0 bridgehead atoms. The maximum Gasteiger partial charge on any atom is 0.339 e. The van der Waals surface area contributed by atoms with Gasteiger partial charge in [0.05, 0.1) is 23.9 Å². The third-order valence-corrected chi connectivity index (χ3v) is 5.60. The number of aromatic nitrogens is 1. The first kappa shape index (κ1) is 21.7. The number of ether oxygens (including phenoxy) is 2. The van der Waals surface area contributed by atoms with Crippen molar-refractivity contribution in [1.82, 2.24) is 4.98 Å². The van der Waals surface area contributed by atoms with Crippen molar-refractivity contribution in [2.24, 2.45) is 0 Å². The number of Topliss-reactive ketones (excluding diaryl/α,β-unsaturated/α-hetero) is 1. The Labute approximate surface area is 194 Å². The molecule has 0 saturated heterocycles. The standard InChI is InChI=1S/C26H20BrNO4/c1-16-3-12-23-21(13-16)22(14-24(28-23)17-4-8-19(27)9-5-17)26(30)32-15-25(29)18-6-10-20(31-2)11-7-18/h3-14H,15H2,1-2H3. The lowest BCUT2D eigenvalue weighted by Gasteiger charge is -2.11. The third-order valence-electron chi connectivity index (χ3n) is 5.07. The van der Waals surface area contributed by atoms with Gasteiger partial charge in [0.15, 0.2) is 12.4 Å². The molecule has 1 heterocycles. The maximum atomic E-state index is 13.0. The molecule has 0 aliphatic rings. The molecule has 4 rings (SSSR count). The molecule has 3 aromatic carbocycles. The topological polar surface area (TPSA) is 65.5 Å². The van der Waals surface area contributed by atoms with Gasteiger partial charge in [-0.15, -0.1) is 0 Å². The van der Waals surface area contributed by atoms with E-state index in [-0.39, 0.29) is 12.4 Å². The van der Waals surface area contributed by atoms with Crippen LogP contribution in [-0.4, -0.2) is 30.5 Å². The molecule has 0 atom stereocenters. The largest absolute Gasteiger partial charge is 0.497 e. The van der Waals surface area contributed by atoms with Gasteiger partial charge in [0.1, 0.15) is 5.75 Å². The summed E-state index contributed by atoms with van der Waals surface area (Å²) in [7, 11) is 1.56. The Balaban J connectivity index is 1.63. The summed E-state index contributed by atoms with van der Waals surface area (Å²) < 4.78 is 11.5. The number of carbonyl (C=O) groups excluding carboxylic acids is 2. The van der Waals surface area contributed by atoms with Gasteiger partial charge in [0, 0.05) is 21.0 Å². The Bertz CT molecular complexity index is 1300. The molecule has 0 aliphatic carbocycles. The normalized spacial score (nSPS) is 10.7. The summed E-state index contributed by atoms with van der Waals surface area (Å²) in [5, 5.41) is 0.688. The van der Waals surface area contributed by atoms with Crippen molar-refractivity contribution in [2.45, 2.75) is 6.92 Å². The summed E-state index contributed by atoms with van der Waals surface area (Å²) in [4.78, 5) is 30.2. The summed E-state index contributed by atoms with van der Waals surface area (Å²) in [5.74, 6) is -0.204. The van der Waals surface area contributed by atoms with E-state index < -0.39 is 5.97 Å². The van der Waals surface area contributed by atoms with E-state index in [0.717, 1.165) is 15.6 Å². The Morgan fingerprint density at radius 1 is 0.938 bits per heavy atom. The van der Waals surface area contributed by atoms with Crippen LogP contribution >= 0.6 is 15.9 Å². The van der Waals surface area contributed by atoms with E-state index in [9.17, 15) is 9.59 Å². The van der Waals surface area contributed by atoms with Crippen LogP contribution in [0.3, 0.4) is 0 Å². The van der Waals surface area contributed by atoms with E-state index in [1.807, 2.05) is 49.4 Å². The van der Waals surface area contributed by atoms with Crippen molar-refractivity contribution in [3.8, 4) is 17.0 Å². The quantitative estimate of drug-likeness (QED) is 0.244. The van der Waals surface area contributed by atoms with Crippen molar-refractivity contribution < 1.29 is 19.1 Å². The van der Waals surface area contributed by atoms with E-state index in [1.165, 1.54) is 0 Å². The molecule has 1 aromatic heterocycles. The van der Waals surface area contributed by atoms with Gasteiger partial charge in [-0.1, -0.05) is 39.7 Å². The van der Waals surface area contributed by atoms with Gasteiger partial charge in [0.25, 0.3) is 0 Å². The highest BCUT2D eigenvalue weighted by atomic mass is 79.9. The minimum atomic E-state index is -0.566. The lowest BCUT2D eigenvalue weighted by molar-refractivity contribution is 0.0476. The summed E-state index contributed by atoms with van der Waals surface area (Å²) in [5.41, 5.74) is 4.04. The highest BCUT2D eigenvalue weighted by molar-refractivity contribution is 9.10. The fourth-order valence-electron chi connectivity index (χ4n) is 3.35. The number of aryl methyl sites for hydroxylation is 1. The van der Waals surface area contributed by atoms with Crippen molar-refractivity contribution in [1.29, 1.82) is 0 Å². The number of hydrogen-bond acceptors (Lipinski definition) is 5.